The van der Waals surface area contributed by atoms with Crippen LogP contribution >= 0.6 is 0 Å². The fourth-order valence-electron chi connectivity index (χ4n) is 1.78. The summed E-state index contributed by atoms with van der Waals surface area (Å²) in [6.07, 6.45) is -4.44. The summed E-state index contributed by atoms with van der Waals surface area (Å²) >= 11 is 0. The lowest BCUT2D eigenvalue weighted by atomic mass is 10.1. The number of benzene rings is 2. The van der Waals surface area contributed by atoms with Crippen molar-refractivity contribution >= 4 is 17.1 Å². The first kappa shape index (κ1) is 13.3. The van der Waals surface area contributed by atoms with Crippen molar-refractivity contribution in [2.24, 2.45) is 0 Å². The summed E-state index contributed by atoms with van der Waals surface area (Å²) in [5.74, 6) is 0. The summed E-state index contributed by atoms with van der Waals surface area (Å²) in [5.41, 5.74) is 6.30. The van der Waals surface area contributed by atoms with Crippen LogP contribution in [0.2, 0.25) is 0 Å². The van der Waals surface area contributed by atoms with Crippen molar-refractivity contribution in [3.05, 3.63) is 53.6 Å². The molecule has 0 amide bonds. The third kappa shape index (κ3) is 3.19. The Morgan fingerprint density at radius 3 is 2.42 bits per heavy atom. The number of aryl methyl sites for hydroxylation is 1. The van der Waals surface area contributed by atoms with Crippen LogP contribution in [0.5, 0.6) is 0 Å². The maximum atomic E-state index is 12.9. The van der Waals surface area contributed by atoms with Gasteiger partial charge in [-0.05, 0) is 42.8 Å². The van der Waals surface area contributed by atoms with Gasteiger partial charge in [-0.3, -0.25) is 0 Å². The predicted molar refractivity (Wildman–Crippen MR) is 70.3 cm³/mol. The minimum absolute atomic E-state index is 0.00713. The highest BCUT2D eigenvalue weighted by molar-refractivity contribution is 5.67. The van der Waals surface area contributed by atoms with Crippen molar-refractivity contribution in [1.29, 1.82) is 0 Å². The number of rotatable bonds is 2. The lowest BCUT2D eigenvalue weighted by Crippen LogP contribution is -2.09. The Morgan fingerprint density at radius 1 is 1.05 bits per heavy atom. The first-order valence-corrected chi connectivity index (χ1v) is 5.67. The van der Waals surface area contributed by atoms with Gasteiger partial charge in [0.2, 0.25) is 0 Å². The largest absolute Gasteiger partial charge is 0.418 e. The molecule has 3 N–H and O–H groups in total. The second-order valence-electron chi connectivity index (χ2n) is 4.30. The van der Waals surface area contributed by atoms with Crippen LogP contribution in [0.4, 0.5) is 30.2 Å². The number of nitrogen functional groups attached to an aromatic ring is 1. The Labute approximate surface area is 109 Å². The molecular formula is C14H13F3N2. The maximum Gasteiger partial charge on any atom is 0.418 e. The molecule has 0 unspecified atom stereocenters. The van der Waals surface area contributed by atoms with Crippen LogP contribution in [0.15, 0.2) is 42.5 Å². The average molecular weight is 266 g/mol. The molecule has 0 aliphatic heterocycles. The van der Waals surface area contributed by atoms with Crippen LogP contribution in [-0.4, -0.2) is 0 Å². The van der Waals surface area contributed by atoms with E-state index in [1.54, 1.807) is 18.2 Å². The fourth-order valence-corrected chi connectivity index (χ4v) is 1.78. The summed E-state index contributed by atoms with van der Waals surface area (Å²) in [7, 11) is 0. The number of anilines is 3. The van der Waals surface area contributed by atoms with Gasteiger partial charge >= 0.3 is 6.18 Å². The molecule has 2 nitrogen and oxygen atoms in total. The summed E-state index contributed by atoms with van der Waals surface area (Å²) in [6.45, 7) is 1.87. The quantitative estimate of drug-likeness (QED) is 0.793. The maximum absolute atomic E-state index is 12.9. The lowest BCUT2D eigenvalue weighted by Gasteiger charge is -2.15. The van der Waals surface area contributed by atoms with Crippen LogP contribution in [0, 0.1) is 6.92 Å². The number of alkyl halides is 3. The van der Waals surface area contributed by atoms with Gasteiger partial charge in [0, 0.05) is 11.4 Å². The fraction of sp³-hybridized carbons (Fsp3) is 0.143. The molecule has 0 spiro atoms. The Hall–Kier alpha value is -2.17. The van der Waals surface area contributed by atoms with E-state index in [1.165, 1.54) is 12.1 Å². The van der Waals surface area contributed by atoms with E-state index >= 15 is 0 Å². The highest BCUT2D eigenvalue weighted by Gasteiger charge is 2.33. The highest BCUT2D eigenvalue weighted by Crippen LogP contribution is 2.37. The highest BCUT2D eigenvalue weighted by atomic mass is 19.4. The zero-order valence-corrected chi connectivity index (χ0v) is 10.3. The molecule has 0 bridgehead atoms. The van der Waals surface area contributed by atoms with Crippen molar-refractivity contribution in [3.63, 3.8) is 0 Å². The summed E-state index contributed by atoms with van der Waals surface area (Å²) < 4.78 is 38.7. The van der Waals surface area contributed by atoms with Gasteiger partial charge in [0.25, 0.3) is 0 Å². The van der Waals surface area contributed by atoms with E-state index in [1.807, 2.05) is 13.0 Å². The molecule has 0 aromatic heterocycles. The summed E-state index contributed by atoms with van der Waals surface area (Å²) in [5, 5.41) is 2.77. The van der Waals surface area contributed by atoms with E-state index in [2.05, 4.69) is 5.32 Å². The molecule has 0 aliphatic rings. The molecular weight excluding hydrogens is 253 g/mol. The van der Waals surface area contributed by atoms with Gasteiger partial charge in [0.15, 0.2) is 0 Å². The molecule has 0 radical (unpaired) electrons. The van der Waals surface area contributed by atoms with Gasteiger partial charge in [0.1, 0.15) is 0 Å². The normalized spacial score (nSPS) is 11.4. The number of hydrogen-bond donors (Lipinski definition) is 2. The van der Waals surface area contributed by atoms with Crippen molar-refractivity contribution < 1.29 is 13.2 Å². The first-order valence-electron chi connectivity index (χ1n) is 5.67. The van der Waals surface area contributed by atoms with E-state index < -0.39 is 11.7 Å². The van der Waals surface area contributed by atoms with Crippen molar-refractivity contribution in [1.82, 2.24) is 0 Å². The topological polar surface area (TPSA) is 38.0 Å². The first-order chi connectivity index (χ1) is 8.86. The Bertz CT molecular complexity index is 591. The molecule has 0 saturated heterocycles. The third-order valence-electron chi connectivity index (χ3n) is 2.65. The Kier molecular flexibility index (Phi) is 3.38. The molecule has 0 fully saturated rings. The zero-order valence-electron chi connectivity index (χ0n) is 10.3. The van der Waals surface area contributed by atoms with Crippen molar-refractivity contribution in [2.45, 2.75) is 13.1 Å². The minimum Gasteiger partial charge on any atom is -0.399 e. The molecule has 2 aromatic rings. The second-order valence-corrected chi connectivity index (χ2v) is 4.30. The van der Waals surface area contributed by atoms with Gasteiger partial charge in [-0.2, -0.15) is 13.2 Å². The molecule has 0 aliphatic carbocycles. The van der Waals surface area contributed by atoms with E-state index in [-0.39, 0.29) is 11.4 Å². The van der Waals surface area contributed by atoms with E-state index in [0.29, 0.717) is 5.69 Å². The molecule has 2 rings (SSSR count). The van der Waals surface area contributed by atoms with Crippen LogP contribution in [0.3, 0.4) is 0 Å². The number of halogens is 3. The van der Waals surface area contributed by atoms with Crippen LogP contribution in [0.25, 0.3) is 0 Å². The molecule has 19 heavy (non-hydrogen) atoms. The molecule has 2 aromatic carbocycles. The third-order valence-corrected chi connectivity index (χ3v) is 2.65. The van der Waals surface area contributed by atoms with Crippen molar-refractivity contribution in [2.75, 3.05) is 11.1 Å². The summed E-state index contributed by atoms with van der Waals surface area (Å²) in [6, 6.07) is 10.8. The van der Waals surface area contributed by atoms with Gasteiger partial charge in [0.05, 0.1) is 11.3 Å². The van der Waals surface area contributed by atoms with E-state index in [4.69, 9.17) is 5.73 Å². The Morgan fingerprint density at radius 2 is 1.79 bits per heavy atom. The molecule has 0 heterocycles. The van der Waals surface area contributed by atoms with Crippen molar-refractivity contribution in [3.8, 4) is 0 Å². The van der Waals surface area contributed by atoms with Crippen LogP contribution in [-0.2, 0) is 6.18 Å². The average Bonchev–Trinajstić information content (AvgIpc) is 2.30. The molecule has 0 atom stereocenters. The van der Waals surface area contributed by atoms with E-state index in [9.17, 15) is 13.2 Å². The number of nitrogens with one attached hydrogen (secondary N) is 1. The monoisotopic (exact) mass is 266 g/mol. The SMILES string of the molecule is Cc1cccc(Nc2ccc(N)cc2C(F)(F)F)c1. The number of nitrogens with two attached hydrogens (primary N) is 1. The summed E-state index contributed by atoms with van der Waals surface area (Å²) in [4.78, 5) is 0. The Balaban J connectivity index is 2.40. The molecule has 100 valence electrons. The van der Waals surface area contributed by atoms with Crippen LogP contribution < -0.4 is 11.1 Å². The molecule has 5 heteroatoms. The van der Waals surface area contributed by atoms with Gasteiger partial charge < -0.3 is 11.1 Å². The smallest absolute Gasteiger partial charge is 0.399 e. The lowest BCUT2D eigenvalue weighted by molar-refractivity contribution is -0.136. The van der Waals surface area contributed by atoms with Gasteiger partial charge in [-0.15, -0.1) is 0 Å². The zero-order chi connectivity index (χ0) is 14.0. The minimum atomic E-state index is -4.44. The second kappa shape index (κ2) is 4.84. The molecule has 0 saturated carbocycles. The standard InChI is InChI=1S/C14H13F3N2/c1-9-3-2-4-11(7-9)19-13-6-5-10(18)8-12(13)14(15,16)17/h2-8,19H,18H2,1H3. The van der Waals surface area contributed by atoms with Crippen LogP contribution in [0.1, 0.15) is 11.1 Å². The predicted octanol–water partition coefficient (Wildman–Crippen LogP) is 4.34. The number of hydrogen-bond acceptors (Lipinski definition) is 2. The van der Waals surface area contributed by atoms with E-state index in [0.717, 1.165) is 11.6 Å². The van der Waals surface area contributed by atoms with Gasteiger partial charge in [-0.1, -0.05) is 12.1 Å². The van der Waals surface area contributed by atoms with Gasteiger partial charge in [-0.25, -0.2) is 0 Å².